The van der Waals surface area contributed by atoms with Crippen LogP contribution in [-0.2, 0) is 4.79 Å². The van der Waals surface area contributed by atoms with E-state index in [1.165, 1.54) is 17.0 Å². The molecule has 1 nitrogen and oxygen atoms in total. The van der Waals surface area contributed by atoms with Gasteiger partial charge in [0.2, 0.25) is 5.24 Å². The van der Waals surface area contributed by atoms with Gasteiger partial charge in [-0.1, -0.05) is 18.2 Å². The first kappa shape index (κ1) is 17.0. The molecule has 122 valence electrons. The van der Waals surface area contributed by atoms with E-state index in [0.717, 1.165) is 33.4 Å². The topological polar surface area (TPSA) is 17.1 Å². The van der Waals surface area contributed by atoms with Crippen molar-refractivity contribution in [2.24, 2.45) is 0 Å². The van der Waals surface area contributed by atoms with Crippen molar-refractivity contribution in [3.05, 3.63) is 70.5 Å². The molecule has 0 N–H and O–H groups in total. The molecule has 0 aliphatic heterocycles. The summed E-state index contributed by atoms with van der Waals surface area (Å²) in [6.45, 7) is 1.95. The van der Waals surface area contributed by atoms with Gasteiger partial charge < -0.3 is 0 Å². The van der Waals surface area contributed by atoms with Gasteiger partial charge in [-0.3, -0.25) is 4.79 Å². The number of hydrogen-bond donors (Lipinski definition) is 0. The van der Waals surface area contributed by atoms with Crippen LogP contribution in [0.15, 0.2) is 52.9 Å². The van der Waals surface area contributed by atoms with Crippen molar-refractivity contribution < 1.29 is 9.18 Å². The summed E-state index contributed by atoms with van der Waals surface area (Å²) < 4.78 is 13.7. The van der Waals surface area contributed by atoms with Crippen molar-refractivity contribution >= 4 is 45.8 Å². The van der Waals surface area contributed by atoms with Crippen molar-refractivity contribution in [3.8, 4) is 0 Å². The van der Waals surface area contributed by atoms with E-state index in [1.807, 2.05) is 13.2 Å². The Hall–Kier alpha value is -1.84. The lowest BCUT2D eigenvalue weighted by Gasteiger charge is -2.05. The minimum Gasteiger partial charge on any atom is -0.281 e. The Labute approximate surface area is 150 Å². The number of hydrogen-bond acceptors (Lipinski definition) is 2. The third kappa shape index (κ3) is 3.33. The van der Waals surface area contributed by atoms with Crippen molar-refractivity contribution in [3.63, 3.8) is 0 Å². The zero-order valence-corrected chi connectivity index (χ0v) is 15.0. The summed E-state index contributed by atoms with van der Waals surface area (Å²) in [5.74, 6) is -0.313. The molecule has 24 heavy (non-hydrogen) atoms. The molecule has 1 aliphatic carbocycles. The second-order valence-corrected chi connectivity index (χ2v) is 6.96. The summed E-state index contributed by atoms with van der Waals surface area (Å²) in [5.41, 5.74) is 5.55. The molecule has 0 aromatic heterocycles. The Kier molecular flexibility index (Phi) is 4.93. The van der Waals surface area contributed by atoms with E-state index in [4.69, 9.17) is 11.6 Å². The van der Waals surface area contributed by atoms with Gasteiger partial charge in [-0.05, 0) is 88.5 Å². The molecule has 2 aromatic rings. The molecule has 0 spiro atoms. The maximum Gasteiger partial charge on any atom is 0.226 e. The van der Waals surface area contributed by atoms with Crippen LogP contribution < -0.4 is 0 Å². The second kappa shape index (κ2) is 6.96. The Morgan fingerprint density at radius 3 is 2.50 bits per heavy atom. The minimum absolute atomic E-state index is 0.104. The highest BCUT2D eigenvalue weighted by atomic mass is 35.5. The van der Waals surface area contributed by atoms with E-state index in [2.05, 4.69) is 30.3 Å². The van der Waals surface area contributed by atoms with Crippen LogP contribution in [0.3, 0.4) is 0 Å². The zero-order valence-electron chi connectivity index (χ0n) is 13.4. The molecular formula is C20H16ClFOS. The van der Waals surface area contributed by atoms with E-state index >= 15 is 0 Å². The predicted molar refractivity (Wildman–Crippen MR) is 101 cm³/mol. The molecule has 0 fully saturated rings. The number of carbonyl (C=O) groups is 1. The zero-order chi connectivity index (χ0) is 17.3. The third-order valence-corrected chi connectivity index (χ3v) is 5.07. The van der Waals surface area contributed by atoms with Crippen molar-refractivity contribution in [1.29, 1.82) is 0 Å². The number of allylic oxidation sites excluding steroid dienone is 3. The number of carbonyl (C=O) groups excluding carboxylic acids is 1. The fraction of sp³-hybridized carbons (Fsp3) is 0.150. The molecule has 0 atom stereocenters. The maximum atomic E-state index is 13.7. The van der Waals surface area contributed by atoms with Gasteiger partial charge in [-0.15, -0.1) is 11.8 Å². The van der Waals surface area contributed by atoms with Crippen molar-refractivity contribution in [1.82, 2.24) is 0 Å². The summed E-state index contributed by atoms with van der Waals surface area (Å²) in [4.78, 5) is 12.6. The van der Waals surface area contributed by atoms with Gasteiger partial charge in [0.15, 0.2) is 0 Å². The van der Waals surface area contributed by atoms with Crippen LogP contribution in [0.1, 0.15) is 30.0 Å². The van der Waals surface area contributed by atoms with Gasteiger partial charge in [0.05, 0.1) is 0 Å². The summed E-state index contributed by atoms with van der Waals surface area (Å²) in [6.07, 6.45) is 4.21. The highest BCUT2D eigenvalue weighted by molar-refractivity contribution is 7.98. The number of benzene rings is 2. The summed E-state index contributed by atoms with van der Waals surface area (Å²) in [7, 11) is 0. The molecule has 2 aromatic carbocycles. The number of thioether (sulfide) groups is 1. The smallest absolute Gasteiger partial charge is 0.226 e. The van der Waals surface area contributed by atoms with E-state index in [9.17, 15) is 9.18 Å². The average molecular weight is 359 g/mol. The van der Waals surface area contributed by atoms with Crippen LogP contribution in [0, 0.1) is 5.82 Å². The summed E-state index contributed by atoms with van der Waals surface area (Å²) >= 11 is 7.28. The van der Waals surface area contributed by atoms with Crippen molar-refractivity contribution in [2.75, 3.05) is 6.26 Å². The van der Waals surface area contributed by atoms with Crippen LogP contribution in [0.2, 0.25) is 0 Å². The predicted octanol–water partition coefficient (Wildman–Crippen LogP) is 6.03. The lowest BCUT2D eigenvalue weighted by Crippen LogP contribution is -1.91. The normalized spacial score (nSPS) is 15.1. The highest BCUT2D eigenvalue weighted by Crippen LogP contribution is 2.44. The SMILES string of the molecule is CSc1ccc(/C=C2/C(C)=C(CC(=O)Cl)c3cc(F)ccc32)cc1. The summed E-state index contributed by atoms with van der Waals surface area (Å²) in [5, 5.41) is -0.440. The standard InChI is InChI=1S/C20H16ClFOS/c1-12-17(9-13-3-6-15(24-2)7-4-13)16-8-5-14(22)10-19(16)18(12)11-20(21)23/h3-10H,11H2,1-2H3/b17-9-. The molecule has 1 aliphatic rings. The van der Waals surface area contributed by atoms with Crippen molar-refractivity contribution in [2.45, 2.75) is 18.2 Å². The quantitative estimate of drug-likeness (QED) is 0.490. The van der Waals surface area contributed by atoms with Gasteiger partial charge in [0.1, 0.15) is 5.82 Å². The Morgan fingerprint density at radius 1 is 1.17 bits per heavy atom. The molecule has 0 saturated heterocycles. The first-order chi connectivity index (χ1) is 11.5. The van der Waals surface area contributed by atoms with Crippen LogP contribution >= 0.6 is 23.4 Å². The largest absolute Gasteiger partial charge is 0.281 e. The highest BCUT2D eigenvalue weighted by Gasteiger charge is 2.25. The first-order valence-electron chi connectivity index (χ1n) is 7.54. The third-order valence-electron chi connectivity index (χ3n) is 4.20. The molecule has 0 saturated carbocycles. The minimum atomic E-state index is -0.440. The van der Waals surface area contributed by atoms with Crippen LogP contribution in [-0.4, -0.2) is 11.5 Å². The van der Waals surface area contributed by atoms with Gasteiger partial charge >= 0.3 is 0 Å². The fourth-order valence-corrected chi connectivity index (χ4v) is 3.53. The number of rotatable bonds is 4. The molecule has 0 radical (unpaired) electrons. The van der Waals surface area contributed by atoms with Crippen LogP contribution in [0.5, 0.6) is 0 Å². The van der Waals surface area contributed by atoms with E-state index in [0.29, 0.717) is 0 Å². The van der Waals surface area contributed by atoms with Gasteiger partial charge in [0.25, 0.3) is 0 Å². The lowest BCUT2D eigenvalue weighted by atomic mass is 10.0. The average Bonchev–Trinajstić information content (AvgIpc) is 2.80. The Balaban J connectivity index is 2.11. The Morgan fingerprint density at radius 2 is 1.88 bits per heavy atom. The van der Waals surface area contributed by atoms with Gasteiger partial charge in [-0.2, -0.15) is 0 Å². The van der Waals surface area contributed by atoms with Gasteiger partial charge in [-0.25, -0.2) is 4.39 Å². The van der Waals surface area contributed by atoms with E-state index in [-0.39, 0.29) is 12.2 Å². The molecule has 3 rings (SSSR count). The molecule has 4 heteroatoms. The fourth-order valence-electron chi connectivity index (χ4n) is 2.99. The Bertz CT molecular complexity index is 866. The van der Waals surface area contributed by atoms with E-state index < -0.39 is 5.24 Å². The second-order valence-electron chi connectivity index (χ2n) is 5.66. The molecule has 0 amide bonds. The molecule has 0 heterocycles. The number of fused-ring (bicyclic) bond motifs is 1. The molecular weight excluding hydrogens is 343 g/mol. The first-order valence-corrected chi connectivity index (χ1v) is 9.14. The monoisotopic (exact) mass is 358 g/mol. The van der Waals surface area contributed by atoms with Gasteiger partial charge in [0, 0.05) is 11.3 Å². The van der Waals surface area contributed by atoms with E-state index in [1.54, 1.807) is 17.8 Å². The van der Waals surface area contributed by atoms with Crippen LogP contribution in [0.25, 0.3) is 17.2 Å². The molecule has 0 bridgehead atoms. The molecule has 0 unspecified atom stereocenters. The lowest BCUT2D eigenvalue weighted by molar-refractivity contribution is -0.110. The number of halogens is 2. The summed E-state index contributed by atoms with van der Waals surface area (Å²) in [6, 6.07) is 12.9. The van der Waals surface area contributed by atoms with Crippen LogP contribution in [0.4, 0.5) is 4.39 Å². The maximum absolute atomic E-state index is 13.7.